The molecule has 0 aromatic heterocycles. The third-order valence-electron chi connectivity index (χ3n) is 51.8. The molecule has 0 spiro atoms. The van der Waals surface area contributed by atoms with Crippen LogP contribution in [-0.4, -0.2) is 151 Å². The van der Waals surface area contributed by atoms with Crippen molar-refractivity contribution < 1.29 is 87.8 Å². The van der Waals surface area contributed by atoms with Gasteiger partial charge >= 0.3 is 151 Å². The first-order chi connectivity index (χ1) is 66.4. The van der Waals surface area contributed by atoms with E-state index in [0.29, 0.717) is 12.0 Å². The molecule has 25 aliphatic rings. The van der Waals surface area contributed by atoms with Crippen LogP contribution in [0.1, 0.15) is 363 Å². The van der Waals surface area contributed by atoms with Gasteiger partial charge in [-0.1, -0.05) is 248 Å². The van der Waals surface area contributed by atoms with Crippen molar-refractivity contribution in [1.29, 1.82) is 0 Å². The topological polar surface area (TPSA) is 16.2 Å². The average molecular weight is 2550 g/mol. The molecule has 5 nitrogen and oxygen atoms in total. The van der Waals surface area contributed by atoms with Crippen molar-refractivity contribution in [2.75, 3.05) is 35.2 Å². The van der Waals surface area contributed by atoms with Gasteiger partial charge in [-0.3, -0.25) is 24.5 Å². The van der Waals surface area contributed by atoms with Crippen LogP contribution in [0.15, 0.2) is 0 Å². The van der Waals surface area contributed by atoms with Crippen LogP contribution in [0.3, 0.4) is 0 Å². The molecule has 5 heterocycles. The predicted octanol–water partition coefficient (Wildman–Crippen LogP) is 39.0. The Morgan fingerprint density at radius 2 is 0.466 bits per heavy atom. The van der Waals surface area contributed by atoms with Crippen molar-refractivity contribution in [3.63, 3.8) is 0 Å². The Labute approximate surface area is 985 Å². The molecular weight excluding hydrogens is 2320 g/mol. The van der Waals surface area contributed by atoms with E-state index in [9.17, 15) is 4.39 Å². The third-order valence-corrected chi connectivity index (χ3v) is 67.3. The molecule has 0 N–H and O–H groups in total. The van der Waals surface area contributed by atoms with Crippen molar-refractivity contribution in [2.24, 2.45) is 195 Å². The van der Waals surface area contributed by atoms with E-state index in [1.54, 1.807) is 148 Å². The zero-order valence-corrected chi connectivity index (χ0v) is 118. The molecule has 5 saturated heterocycles. The summed E-state index contributed by atoms with van der Waals surface area (Å²) in [7, 11) is 48.3. The monoisotopic (exact) mass is 2540 g/mol. The summed E-state index contributed by atoms with van der Waals surface area (Å²) in [6.45, 7) is 35.5. The second kappa shape index (κ2) is 58.2. The van der Waals surface area contributed by atoms with E-state index in [-0.39, 0.29) is 59.4 Å². The molecule has 47 unspecified atom stereocenters. The van der Waals surface area contributed by atoms with Crippen molar-refractivity contribution in [2.45, 2.75) is 502 Å². The van der Waals surface area contributed by atoms with Gasteiger partial charge in [-0.25, -0.2) is 4.39 Å². The van der Waals surface area contributed by atoms with Crippen molar-refractivity contribution in [3.8, 4) is 0 Å². The van der Waals surface area contributed by atoms with Crippen LogP contribution in [0.25, 0.3) is 0 Å². The molecule has 47 atom stereocenters. The van der Waals surface area contributed by atoms with Gasteiger partial charge in [-0.2, -0.15) is 0 Å². The number of hydrogen-bond acceptors (Lipinski definition) is 5. The van der Waals surface area contributed by atoms with E-state index >= 15 is 0 Å². The van der Waals surface area contributed by atoms with Gasteiger partial charge in [-0.15, -0.1) is 0 Å². The second-order valence-electron chi connectivity index (χ2n) is 56.9. The van der Waals surface area contributed by atoms with E-state index in [2.05, 4.69) is 147 Å². The number of alkyl halides is 1. The minimum atomic E-state index is -1.41. The summed E-state index contributed by atoms with van der Waals surface area (Å²) in [5.74, 6) is 33.8. The fraction of sp³-hybridized carbons (Fsp3) is 0.936. The summed E-state index contributed by atoms with van der Waals surface area (Å²) in [6.07, 6.45) is 73.2. The van der Waals surface area contributed by atoms with Crippen molar-refractivity contribution in [1.82, 2.24) is 24.5 Å². The summed E-state index contributed by atoms with van der Waals surface area (Å²) in [6, 6.07) is 9.03. The zero-order chi connectivity index (χ0) is 97.7. The molecule has 0 radical (unpaired) electrons. The first-order valence-electron chi connectivity index (χ1n) is 60.5. The van der Waals surface area contributed by atoms with Crippen LogP contribution in [0, 0.1) is 255 Å². The zero-order valence-electron chi connectivity index (χ0n) is 98.7. The molecule has 25 fully saturated rings. The number of likely N-dealkylation sites (tertiary alicyclic amines) is 5. The molecule has 0 aromatic rings. The van der Waals surface area contributed by atoms with E-state index in [1.165, 1.54) is 153 Å². The van der Waals surface area contributed by atoms with Gasteiger partial charge in [0.1, 0.15) is 6.17 Å². The van der Waals surface area contributed by atoms with Crippen LogP contribution >= 0.6 is 68.1 Å². The molecule has 0 aromatic carbocycles. The number of nitrogens with zero attached hydrogens (tertiary/aromatic N) is 5. The molecule has 20 aliphatic carbocycles. The molecule has 0 amide bonds. The van der Waals surface area contributed by atoms with E-state index < -0.39 is 114 Å². The second-order valence-corrected chi connectivity index (χ2v) is 86.9. The summed E-state index contributed by atoms with van der Waals surface area (Å²) in [4.78, 5) is 15.0. The molecule has 0 bridgehead atoms. The minimum absolute atomic E-state index is 0. The van der Waals surface area contributed by atoms with Gasteiger partial charge in [0.25, 0.3) is 0 Å². The molecule has 5 aliphatic heterocycles. The molecule has 842 valence electrons. The third kappa shape index (κ3) is 25.1. The predicted molar refractivity (Wildman–Crippen MR) is 636 cm³/mol. The van der Waals surface area contributed by atoms with Crippen LogP contribution < -0.4 is 0 Å². The molecular formula is C125H226Cl8FN5Si3Zr4. The Hall–Kier alpha value is 6.23. The van der Waals surface area contributed by atoms with Gasteiger partial charge in [0.2, 0.25) is 0 Å². The van der Waals surface area contributed by atoms with Crippen LogP contribution in [0.4, 0.5) is 4.39 Å². The Kier molecular flexibility index (Phi) is 53.4. The molecule has 21 heteroatoms. The SMILES string of the molecule is CC1C(C)C(C)C([Si](C)(C)C2C3CCCCC3C3C2C2CCCCC2N3C)C1C.CC1CCC2C(C1)C1C3CCCCC3C(CC3C4CCCCC4C4C5CC(C)CCC5N(C)C34)C1N2C.CC1CCC2C(C1)C1C3CCCCC3C([Si](C)(C)C3C4CCCCC4C4CCCCC43)C1N2C.CN1C2CCC(F)CC2C2C3CCCCC3C([Si](C)(C)C3CCCC3)C21.[CH3-].[CH3-].[CH3-].[CH3-].[CH3-].[CH3-].[CH3-].[CH3-].[Cl][Zr+2][Cl].[Cl][Zr+2][Cl].[Cl][Zr+2][Cl].[Cl][Zr+2][Cl]. The standard InChI is InChI=1S/C35H58N2.C32H55NSi.C27H49NSi.C23H40FNSi.8CH3.8ClH.4Zr/c1-20-13-15-30-28(17-20)32-24-11-7-5-9-22(24)26(34(32)36(30)3)19-27-23-10-6-8-12-25(23)33-29-18-21(2)14-16-31(29)37(4)35(27)33;1-20-17-18-28-27(19-20)29-23-13-7-10-16-26(23)32(30(29)33(28)2)34(3,4)31-24-14-8-5-11-21(24)22-12-6-9-15-25(22)31;1-16-17(2)19(4)26(18(16)3)29(6,7)27-21-13-9-8-12-20(21)25-24(27)22-14-10-11-15-23(22)28(25)5;1-25-20-13-12-15(24)14-19(20)21-17-10-6-7-11-18(17)23(22(21)25)26(2,3)16-8-4-5-9-16;;;;;;;;;;;;;;;;;;;;/h20-35H,5-19H2,1-4H3;20-32H,5-19H2,1-4H3;16-27H,8-15H2,1-7H3;15-23H,4-14H2,1-3H3;8*1H3;8*1H;;;;/q;;;;8*-1;;;;;;;;;4*+4/p-8. The first-order valence-corrected chi connectivity index (χ1v) is 95.3. The fourth-order valence-electron chi connectivity index (χ4n) is 47.9. The number of halogens is 9. The summed E-state index contributed by atoms with van der Waals surface area (Å²) in [5, 5.41) is 0. The first kappa shape index (κ1) is 134. The normalized spacial score (nSPS) is 48.1. The number of hydrogen-bond donors (Lipinski definition) is 0. The van der Waals surface area contributed by atoms with Crippen LogP contribution in [0.2, 0.25) is 72.5 Å². The number of rotatable bonds is 8. The molecule has 20 saturated carbocycles. The van der Waals surface area contributed by atoms with Gasteiger partial charge in [0.15, 0.2) is 0 Å². The van der Waals surface area contributed by atoms with Gasteiger partial charge in [-0.05, 0) is 418 Å². The van der Waals surface area contributed by atoms with Crippen LogP contribution in [0.5, 0.6) is 0 Å². The number of fused-ring (bicyclic) bond motifs is 28. The van der Waals surface area contributed by atoms with Gasteiger partial charge in [0.05, 0.1) is 24.2 Å². The Morgan fingerprint density at radius 3 is 0.836 bits per heavy atom. The van der Waals surface area contributed by atoms with E-state index in [4.69, 9.17) is 68.1 Å². The quantitative estimate of drug-likeness (QED) is 0.177. The fourth-order valence-corrected chi connectivity index (χ4v) is 66.3. The van der Waals surface area contributed by atoms with Crippen molar-refractivity contribution in [3.05, 3.63) is 59.4 Å². The molecule has 25 rings (SSSR count). The van der Waals surface area contributed by atoms with Gasteiger partial charge < -0.3 is 59.4 Å². The van der Waals surface area contributed by atoms with E-state index in [0.717, 1.165) is 291 Å². The van der Waals surface area contributed by atoms with E-state index in [1.807, 2.05) is 0 Å². The van der Waals surface area contributed by atoms with Crippen molar-refractivity contribution >= 4 is 92.3 Å². The Morgan fingerprint density at radius 1 is 0.219 bits per heavy atom. The summed E-state index contributed by atoms with van der Waals surface area (Å²) < 4.78 is 14.4. The molecule has 146 heavy (non-hydrogen) atoms. The van der Waals surface area contributed by atoms with Gasteiger partial charge in [0, 0.05) is 60.4 Å². The summed E-state index contributed by atoms with van der Waals surface area (Å²) >= 11 is -3.30. The Balaban J connectivity index is 0.000000190. The van der Waals surface area contributed by atoms with Crippen LogP contribution in [-0.2, 0) is 83.4 Å². The maximum atomic E-state index is 14.4. The maximum absolute atomic E-state index is 14.4. The Bertz CT molecular complexity index is 3720. The summed E-state index contributed by atoms with van der Waals surface area (Å²) in [5.41, 5.74) is 6.51. The average Bonchev–Trinajstić information content (AvgIpc) is 1.54.